The van der Waals surface area contributed by atoms with Crippen LogP contribution in [0.2, 0.25) is 0 Å². The van der Waals surface area contributed by atoms with Gasteiger partial charge in [-0.2, -0.15) is 0 Å². The number of guanidine groups is 1. The number of amides is 1. The molecule has 0 aromatic rings. The van der Waals surface area contributed by atoms with Crippen molar-refractivity contribution in [1.82, 2.24) is 16.0 Å². The maximum absolute atomic E-state index is 11.5. The molecule has 0 aromatic heterocycles. The van der Waals surface area contributed by atoms with E-state index in [4.69, 9.17) is 14.2 Å². The third-order valence-corrected chi connectivity index (χ3v) is 2.37. The summed E-state index contributed by atoms with van der Waals surface area (Å²) in [4.78, 5) is 15.9. The summed E-state index contributed by atoms with van der Waals surface area (Å²) in [7, 11) is 1.64. The number of nitrogens with one attached hydrogen (secondary N) is 3. The smallest absolute Gasteiger partial charge is 0.407 e. The second kappa shape index (κ2) is 13.0. The summed E-state index contributed by atoms with van der Waals surface area (Å²) in [5.41, 5.74) is -0.489. The number of aliphatic imine (C=N–C) groups is 1. The SMILES string of the molecule is CCNC(=NCCOCCOC)NCCNC(=O)OC(C)(C)C. The van der Waals surface area contributed by atoms with Gasteiger partial charge in [-0.1, -0.05) is 0 Å². The fourth-order valence-electron chi connectivity index (χ4n) is 1.47. The number of rotatable bonds is 10. The summed E-state index contributed by atoms with van der Waals surface area (Å²) in [6, 6.07) is 0. The zero-order valence-electron chi connectivity index (χ0n) is 15.0. The van der Waals surface area contributed by atoms with Gasteiger partial charge in [0.25, 0.3) is 0 Å². The van der Waals surface area contributed by atoms with Crippen LogP contribution >= 0.6 is 0 Å². The highest BCUT2D eigenvalue weighted by molar-refractivity contribution is 5.79. The van der Waals surface area contributed by atoms with Crippen molar-refractivity contribution in [2.75, 3.05) is 53.1 Å². The third-order valence-electron chi connectivity index (χ3n) is 2.37. The lowest BCUT2D eigenvalue weighted by molar-refractivity contribution is 0.0529. The summed E-state index contributed by atoms with van der Waals surface area (Å²) in [6.07, 6.45) is -0.423. The average molecular weight is 332 g/mol. The number of alkyl carbamates (subject to hydrolysis) is 1. The molecule has 0 rings (SSSR count). The predicted molar refractivity (Wildman–Crippen MR) is 90.9 cm³/mol. The Labute approximate surface area is 139 Å². The first-order chi connectivity index (χ1) is 10.9. The molecule has 0 aliphatic rings. The van der Waals surface area contributed by atoms with Crippen LogP contribution in [0.1, 0.15) is 27.7 Å². The number of ether oxygens (including phenoxy) is 3. The van der Waals surface area contributed by atoms with Crippen molar-refractivity contribution in [2.24, 2.45) is 4.99 Å². The first kappa shape index (κ1) is 21.5. The van der Waals surface area contributed by atoms with E-state index in [0.29, 0.717) is 45.4 Å². The molecule has 8 heteroatoms. The van der Waals surface area contributed by atoms with Crippen LogP contribution in [0, 0.1) is 0 Å². The molecule has 0 aromatic carbocycles. The van der Waals surface area contributed by atoms with Gasteiger partial charge in [-0.25, -0.2) is 4.79 Å². The van der Waals surface area contributed by atoms with Crippen molar-refractivity contribution in [2.45, 2.75) is 33.3 Å². The summed E-state index contributed by atoms with van der Waals surface area (Å²) < 4.78 is 15.4. The minimum absolute atomic E-state index is 0.423. The van der Waals surface area contributed by atoms with Crippen LogP contribution in [-0.4, -0.2) is 70.8 Å². The van der Waals surface area contributed by atoms with Gasteiger partial charge < -0.3 is 30.2 Å². The van der Waals surface area contributed by atoms with Crippen molar-refractivity contribution in [3.05, 3.63) is 0 Å². The molecule has 23 heavy (non-hydrogen) atoms. The second-order valence-electron chi connectivity index (χ2n) is 5.72. The Balaban J connectivity index is 3.88. The molecule has 8 nitrogen and oxygen atoms in total. The van der Waals surface area contributed by atoms with E-state index in [-0.39, 0.29) is 0 Å². The van der Waals surface area contributed by atoms with E-state index < -0.39 is 11.7 Å². The van der Waals surface area contributed by atoms with Crippen molar-refractivity contribution in [1.29, 1.82) is 0 Å². The van der Waals surface area contributed by atoms with Crippen LogP contribution in [0.3, 0.4) is 0 Å². The van der Waals surface area contributed by atoms with Crippen LogP contribution in [0.15, 0.2) is 4.99 Å². The van der Waals surface area contributed by atoms with E-state index in [2.05, 4.69) is 20.9 Å². The highest BCUT2D eigenvalue weighted by Crippen LogP contribution is 2.05. The molecular weight excluding hydrogens is 300 g/mol. The fraction of sp³-hybridized carbons (Fsp3) is 0.867. The van der Waals surface area contributed by atoms with Crippen molar-refractivity contribution >= 4 is 12.1 Å². The number of methoxy groups -OCH3 is 1. The Kier molecular flexibility index (Phi) is 12.1. The van der Waals surface area contributed by atoms with E-state index >= 15 is 0 Å². The van der Waals surface area contributed by atoms with E-state index in [9.17, 15) is 4.79 Å². The van der Waals surface area contributed by atoms with E-state index in [1.54, 1.807) is 7.11 Å². The minimum atomic E-state index is -0.489. The van der Waals surface area contributed by atoms with Crippen molar-refractivity contribution < 1.29 is 19.0 Å². The van der Waals surface area contributed by atoms with Crippen LogP contribution in [0.25, 0.3) is 0 Å². The van der Waals surface area contributed by atoms with Crippen LogP contribution in [-0.2, 0) is 14.2 Å². The molecule has 0 saturated carbocycles. The van der Waals surface area contributed by atoms with Crippen LogP contribution in [0.5, 0.6) is 0 Å². The maximum Gasteiger partial charge on any atom is 0.407 e. The lowest BCUT2D eigenvalue weighted by Gasteiger charge is -2.19. The van der Waals surface area contributed by atoms with Crippen molar-refractivity contribution in [3.63, 3.8) is 0 Å². The summed E-state index contributed by atoms with van der Waals surface area (Å²) in [6.45, 7) is 11.5. The van der Waals surface area contributed by atoms with Gasteiger partial charge in [-0.3, -0.25) is 4.99 Å². The molecule has 0 saturated heterocycles. The Morgan fingerprint density at radius 3 is 2.35 bits per heavy atom. The van der Waals surface area contributed by atoms with Gasteiger partial charge in [0.2, 0.25) is 0 Å². The molecule has 0 atom stereocenters. The summed E-state index contributed by atoms with van der Waals surface area (Å²) >= 11 is 0. The largest absolute Gasteiger partial charge is 0.444 e. The molecule has 0 fully saturated rings. The minimum Gasteiger partial charge on any atom is -0.444 e. The summed E-state index contributed by atoms with van der Waals surface area (Å²) in [5.74, 6) is 0.689. The van der Waals surface area contributed by atoms with Gasteiger partial charge in [-0.05, 0) is 27.7 Å². The Morgan fingerprint density at radius 2 is 1.74 bits per heavy atom. The number of carbonyl (C=O) groups excluding carboxylic acids is 1. The Hall–Kier alpha value is -1.54. The fourth-order valence-corrected chi connectivity index (χ4v) is 1.47. The molecule has 0 spiro atoms. The van der Waals surface area contributed by atoms with E-state index in [0.717, 1.165) is 6.54 Å². The quantitative estimate of drug-likeness (QED) is 0.310. The highest BCUT2D eigenvalue weighted by Gasteiger charge is 2.15. The molecular formula is C15H32N4O4. The van der Waals surface area contributed by atoms with Gasteiger partial charge in [0, 0.05) is 26.7 Å². The number of hydrogen-bond donors (Lipinski definition) is 3. The van der Waals surface area contributed by atoms with Crippen molar-refractivity contribution in [3.8, 4) is 0 Å². The third kappa shape index (κ3) is 15.1. The van der Waals surface area contributed by atoms with E-state index in [1.165, 1.54) is 0 Å². The van der Waals surface area contributed by atoms with Gasteiger partial charge in [0.15, 0.2) is 5.96 Å². The molecule has 0 aliphatic heterocycles. The first-order valence-corrected chi connectivity index (χ1v) is 7.94. The number of nitrogens with zero attached hydrogens (tertiary/aromatic N) is 1. The monoisotopic (exact) mass is 332 g/mol. The lowest BCUT2D eigenvalue weighted by atomic mass is 10.2. The Morgan fingerprint density at radius 1 is 1.04 bits per heavy atom. The maximum atomic E-state index is 11.5. The first-order valence-electron chi connectivity index (χ1n) is 7.94. The molecule has 1 amide bonds. The summed E-state index contributed by atoms with van der Waals surface area (Å²) in [5, 5.41) is 8.94. The van der Waals surface area contributed by atoms with Gasteiger partial charge in [0.05, 0.1) is 26.4 Å². The molecule has 136 valence electrons. The second-order valence-corrected chi connectivity index (χ2v) is 5.72. The molecule has 0 aliphatic carbocycles. The predicted octanol–water partition coefficient (Wildman–Crippen LogP) is 0.729. The Bertz CT molecular complexity index is 343. The topological polar surface area (TPSA) is 93.2 Å². The standard InChI is InChI=1S/C15H32N4O4/c1-6-16-13(18-9-10-22-12-11-21-5)17-7-8-19-14(20)23-15(2,3)4/h6-12H2,1-5H3,(H,19,20)(H2,16,17,18). The zero-order chi connectivity index (χ0) is 17.6. The number of hydrogen-bond acceptors (Lipinski definition) is 5. The number of carbonyl (C=O) groups is 1. The molecule has 0 heterocycles. The average Bonchev–Trinajstić information content (AvgIpc) is 2.45. The van der Waals surface area contributed by atoms with E-state index in [1.807, 2.05) is 27.7 Å². The van der Waals surface area contributed by atoms with Crippen LogP contribution < -0.4 is 16.0 Å². The highest BCUT2D eigenvalue weighted by atomic mass is 16.6. The molecule has 0 radical (unpaired) electrons. The zero-order valence-corrected chi connectivity index (χ0v) is 15.0. The van der Waals surface area contributed by atoms with Gasteiger partial charge >= 0.3 is 6.09 Å². The molecule has 0 unspecified atom stereocenters. The van der Waals surface area contributed by atoms with Gasteiger partial charge in [0.1, 0.15) is 5.60 Å². The molecule has 3 N–H and O–H groups in total. The van der Waals surface area contributed by atoms with Crippen LogP contribution in [0.4, 0.5) is 4.79 Å². The molecule has 0 bridgehead atoms. The lowest BCUT2D eigenvalue weighted by Crippen LogP contribution is -2.42. The normalized spacial score (nSPS) is 12.0. The van der Waals surface area contributed by atoms with Gasteiger partial charge in [-0.15, -0.1) is 0 Å².